The lowest BCUT2D eigenvalue weighted by molar-refractivity contribution is -0.139. The Kier molecular flexibility index (Phi) is 8.25. The first-order chi connectivity index (χ1) is 14.4. The maximum absolute atomic E-state index is 13.3. The molecule has 0 saturated heterocycles. The molecule has 0 aliphatic heterocycles. The molecule has 0 heterocycles. The highest BCUT2D eigenvalue weighted by molar-refractivity contribution is 9.10. The van der Waals surface area contributed by atoms with Crippen LogP contribution in [0.15, 0.2) is 46.9 Å². The number of carbonyl (C=O) groups excluding carboxylic acids is 2. The fraction of sp³-hybridized carbons (Fsp3) is 0.364. The van der Waals surface area contributed by atoms with Gasteiger partial charge in [0, 0.05) is 18.1 Å². The third-order valence-corrected chi connectivity index (χ3v) is 6.81. The van der Waals surface area contributed by atoms with Gasteiger partial charge in [-0.3, -0.25) is 13.9 Å². The number of rotatable bonds is 8. The zero-order valence-corrected chi connectivity index (χ0v) is 20.7. The summed E-state index contributed by atoms with van der Waals surface area (Å²) in [5, 5.41) is 2.55. The largest absolute Gasteiger partial charge is 0.357 e. The van der Waals surface area contributed by atoms with E-state index in [1.165, 1.54) is 11.9 Å². The monoisotopic (exact) mass is 509 g/mol. The summed E-state index contributed by atoms with van der Waals surface area (Å²) in [5.41, 5.74) is 3.18. The zero-order valence-electron chi connectivity index (χ0n) is 18.3. The molecule has 0 spiro atoms. The van der Waals surface area contributed by atoms with Gasteiger partial charge in [0.2, 0.25) is 21.8 Å². The van der Waals surface area contributed by atoms with E-state index >= 15 is 0 Å². The number of sulfonamides is 1. The van der Waals surface area contributed by atoms with Gasteiger partial charge in [-0.2, -0.15) is 0 Å². The van der Waals surface area contributed by atoms with E-state index in [0.29, 0.717) is 5.69 Å². The molecule has 0 radical (unpaired) electrons. The number of anilines is 1. The lowest BCUT2D eigenvalue weighted by Gasteiger charge is -2.31. The number of halogens is 1. The first kappa shape index (κ1) is 24.9. The predicted octanol–water partition coefficient (Wildman–Crippen LogP) is 3.00. The van der Waals surface area contributed by atoms with Crippen LogP contribution in [0, 0.1) is 13.8 Å². The second-order valence-corrected chi connectivity index (χ2v) is 10.3. The van der Waals surface area contributed by atoms with Crippen LogP contribution < -0.4 is 9.62 Å². The van der Waals surface area contributed by atoms with Crippen molar-refractivity contribution in [3.8, 4) is 0 Å². The number of hydrogen-bond acceptors (Lipinski definition) is 4. The minimum Gasteiger partial charge on any atom is -0.357 e. The maximum Gasteiger partial charge on any atom is 0.244 e. The Labute approximate surface area is 192 Å². The van der Waals surface area contributed by atoms with Gasteiger partial charge in [0.25, 0.3) is 0 Å². The van der Waals surface area contributed by atoms with Crippen LogP contribution in [0.25, 0.3) is 0 Å². The molecule has 2 aromatic rings. The zero-order chi connectivity index (χ0) is 23.3. The average molecular weight is 510 g/mol. The summed E-state index contributed by atoms with van der Waals surface area (Å²) in [6.07, 6.45) is 1.07. The molecule has 0 aliphatic rings. The van der Waals surface area contributed by atoms with Crippen LogP contribution in [0.3, 0.4) is 0 Å². The third kappa shape index (κ3) is 6.54. The Morgan fingerprint density at radius 2 is 1.68 bits per heavy atom. The molecule has 1 N–H and O–H groups in total. The van der Waals surface area contributed by atoms with Gasteiger partial charge in [-0.05, 0) is 61.7 Å². The van der Waals surface area contributed by atoms with Gasteiger partial charge in [-0.25, -0.2) is 8.42 Å². The fourth-order valence-corrected chi connectivity index (χ4v) is 4.18. The predicted molar refractivity (Wildman–Crippen MR) is 126 cm³/mol. The third-order valence-electron chi connectivity index (χ3n) is 5.14. The molecule has 0 fully saturated rings. The number of aryl methyl sites for hydroxylation is 2. The molecular weight excluding hydrogens is 482 g/mol. The number of nitrogens with one attached hydrogen (secondary N) is 1. The van der Waals surface area contributed by atoms with Gasteiger partial charge in [0.1, 0.15) is 12.6 Å². The molecular formula is C22H28BrN3O4S. The quantitative estimate of drug-likeness (QED) is 0.592. The molecule has 2 rings (SSSR count). The van der Waals surface area contributed by atoms with Crippen molar-refractivity contribution in [1.29, 1.82) is 0 Å². The van der Waals surface area contributed by atoms with Crippen molar-refractivity contribution in [1.82, 2.24) is 10.2 Å². The van der Waals surface area contributed by atoms with Gasteiger partial charge in [0.15, 0.2) is 0 Å². The number of likely N-dealkylation sites (N-methyl/N-ethyl adjacent to an activating group) is 1. The van der Waals surface area contributed by atoms with Gasteiger partial charge in [-0.15, -0.1) is 0 Å². The van der Waals surface area contributed by atoms with Crippen LogP contribution in [-0.2, 0) is 26.2 Å². The van der Waals surface area contributed by atoms with Crippen molar-refractivity contribution < 1.29 is 18.0 Å². The summed E-state index contributed by atoms with van der Waals surface area (Å²) < 4.78 is 27.0. The van der Waals surface area contributed by atoms with Crippen molar-refractivity contribution in [2.75, 3.05) is 24.2 Å². The van der Waals surface area contributed by atoms with E-state index in [-0.39, 0.29) is 12.5 Å². The fourth-order valence-electron chi connectivity index (χ4n) is 3.07. The summed E-state index contributed by atoms with van der Waals surface area (Å²) in [6.45, 7) is 5.20. The maximum atomic E-state index is 13.3. The van der Waals surface area contributed by atoms with Gasteiger partial charge in [-0.1, -0.05) is 34.1 Å². The summed E-state index contributed by atoms with van der Waals surface area (Å²) in [7, 11) is -2.23. The van der Waals surface area contributed by atoms with Crippen LogP contribution >= 0.6 is 15.9 Å². The molecule has 7 nitrogen and oxygen atoms in total. The van der Waals surface area contributed by atoms with Gasteiger partial charge in [0.05, 0.1) is 11.9 Å². The number of benzene rings is 2. The van der Waals surface area contributed by atoms with E-state index in [4.69, 9.17) is 0 Å². The van der Waals surface area contributed by atoms with Gasteiger partial charge < -0.3 is 10.2 Å². The highest BCUT2D eigenvalue weighted by Gasteiger charge is 2.29. The van der Waals surface area contributed by atoms with Crippen LogP contribution in [0.2, 0.25) is 0 Å². The van der Waals surface area contributed by atoms with E-state index in [9.17, 15) is 18.0 Å². The molecule has 168 valence electrons. The average Bonchev–Trinajstić information content (AvgIpc) is 2.71. The topological polar surface area (TPSA) is 86.8 Å². The number of carbonyl (C=O) groups is 2. The Morgan fingerprint density at radius 1 is 1.06 bits per heavy atom. The van der Waals surface area contributed by atoms with Crippen LogP contribution in [0.5, 0.6) is 0 Å². The van der Waals surface area contributed by atoms with Crippen LogP contribution in [0.1, 0.15) is 23.6 Å². The van der Waals surface area contributed by atoms with E-state index in [1.54, 1.807) is 19.1 Å². The summed E-state index contributed by atoms with van der Waals surface area (Å²) in [5.74, 6) is -0.801. The molecule has 0 saturated carbocycles. The highest BCUT2D eigenvalue weighted by atomic mass is 79.9. The van der Waals surface area contributed by atoms with E-state index in [0.717, 1.165) is 31.7 Å². The smallest absolute Gasteiger partial charge is 0.244 e. The second kappa shape index (κ2) is 10.3. The van der Waals surface area contributed by atoms with Crippen LogP contribution in [-0.4, -0.2) is 51.0 Å². The van der Waals surface area contributed by atoms with Crippen molar-refractivity contribution in [2.45, 2.75) is 33.4 Å². The first-order valence-electron chi connectivity index (χ1n) is 9.74. The van der Waals surface area contributed by atoms with E-state index in [1.807, 2.05) is 44.2 Å². The lowest BCUT2D eigenvalue weighted by Crippen LogP contribution is -2.50. The second-order valence-electron chi connectivity index (χ2n) is 7.48. The Bertz CT molecular complexity index is 1050. The van der Waals surface area contributed by atoms with Crippen molar-refractivity contribution >= 4 is 43.5 Å². The molecule has 2 amide bonds. The molecule has 1 atom stereocenters. The SMILES string of the molecule is CNC(=O)[C@H](C)N(Cc1ccc(Br)cc1)C(=O)CN(c1ccc(C)c(C)c1)S(C)(=O)=O. The number of amides is 2. The molecule has 31 heavy (non-hydrogen) atoms. The molecule has 0 aliphatic carbocycles. The standard InChI is InChI=1S/C22H28BrN3O4S/c1-15-6-11-20(12-16(15)2)26(31(5,29)30)14-21(27)25(17(3)22(28)24-4)13-18-7-9-19(23)10-8-18/h6-12,17H,13-14H2,1-5H3,(H,24,28)/t17-/m0/s1. The molecule has 0 unspecified atom stereocenters. The van der Waals surface area contributed by atoms with E-state index < -0.39 is 28.5 Å². The number of nitrogens with zero attached hydrogens (tertiary/aromatic N) is 2. The summed E-state index contributed by atoms with van der Waals surface area (Å²) in [6, 6.07) is 11.9. The minimum atomic E-state index is -3.73. The van der Waals surface area contributed by atoms with Crippen molar-refractivity contribution in [2.24, 2.45) is 0 Å². The highest BCUT2D eigenvalue weighted by Crippen LogP contribution is 2.22. The van der Waals surface area contributed by atoms with E-state index in [2.05, 4.69) is 21.2 Å². The molecule has 0 bridgehead atoms. The van der Waals surface area contributed by atoms with Crippen molar-refractivity contribution in [3.63, 3.8) is 0 Å². The van der Waals surface area contributed by atoms with Crippen molar-refractivity contribution in [3.05, 3.63) is 63.6 Å². The number of hydrogen-bond donors (Lipinski definition) is 1. The summed E-state index contributed by atoms with van der Waals surface area (Å²) >= 11 is 3.38. The Balaban J connectivity index is 2.39. The lowest BCUT2D eigenvalue weighted by atomic mass is 10.1. The minimum absolute atomic E-state index is 0.172. The van der Waals surface area contributed by atoms with Crippen LogP contribution in [0.4, 0.5) is 5.69 Å². The van der Waals surface area contributed by atoms with Gasteiger partial charge >= 0.3 is 0 Å². The first-order valence-corrected chi connectivity index (χ1v) is 12.4. The molecule has 0 aromatic heterocycles. The Morgan fingerprint density at radius 3 is 2.19 bits per heavy atom. The molecule has 2 aromatic carbocycles. The Hall–Kier alpha value is -2.39. The molecule has 9 heteroatoms. The normalized spacial score (nSPS) is 12.2. The summed E-state index contributed by atoms with van der Waals surface area (Å²) in [4.78, 5) is 27.0.